The Bertz CT molecular complexity index is 339. The van der Waals surface area contributed by atoms with Gasteiger partial charge in [-0.2, -0.15) is 0 Å². The molecular weight excluding hydrogens is 258 g/mol. The van der Waals surface area contributed by atoms with Crippen LogP contribution in [0, 0.1) is 0 Å². The maximum absolute atomic E-state index is 5.58. The van der Waals surface area contributed by atoms with E-state index in [0.717, 1.165) is 4.47 Å². The van der Waals surface area contributed by atoms with E-state index in [1.807, 2.05) is 19.9 Å². The van der Waals surface area contributed by atoms with E-state index in [4.69, 9.17) is 10.5 Å². The molecular formula is C10H16BrN3O. The Hall–Kier alpha value is -1.10. The number of amidine groups is 1. The predicted molar refractivity (Wildman–Crippen MR) is 66.5 cm³/mol. The second kappa shape index (κ2) is 7.23. The second-order valence-electron chi connectivity index (χ2n) is 2.30. The summed E-state index contributed by atoms with van der Waals surface area (Å²) in [6.45, 7) is 4.00. The molecule has 4 nitrogen and oxygen atoms in total. The number of hydrogen-bond acceptors (Lipinski definition) is 3. The van der Waals surface area contributed by atoms with Crippen LogP contribution in [0.5, 0.6) is 5.88 Å². The maximum Gasteiger partial charge on any atom is 0.228 e. The molecule has 1 heterocycles. The molecule has 1 aromatic rings. The molecule has 5 heteroatoms. The first-order valence-corrected chi connectivity index (χ1v) is 5.41. The molecule has 1 aromatic heterocycles. The number of pyridine rings is 1. The maximum atomic E-state index is 5.58. The van der Waals surface area contributed by atoms with Crippen molar-refractivity contribution in [3.8, 4) is 5.88 Å². The van der Waals surface area contributed by atoms with Crippen LogP contribution in [0.1, 0.15) is 19.5 Å². The lowest BCUT2D eigenvalue weighted by atomic mass is 10.3. The predicted octanol–water partition coefficient (Wildman–Crippen LogP) is 2.21. The Labute approximate surface area is 98.7 Å². The average molecular weight is 274 g/mol. The van der Waals surface area contributed by atoms with E-state index >= 15 is 0 Å². The normalized spacial score (nSPS) is 10.3. The number of ether oxygens (including phenoxy) is 1. The summed E-state index contributed by atoms with van der Waals surface area (Å²) < 4.78 is 5.81. The average Bonchev–Trinajstić information content (AvgIpc) is 2.31. The fraction of sp³-hybridized carbons (Fsp3) is 0.400. The summed E-state index contributed by atoms with van der Waals surface area (Å²) in [6, 6.07) is 3.59. The minimum atomic E-state index is 0.394. The topological polar surface area (TPSA) is 60.5 Å². The van der Waals surface area contributed by atoms with Gasteiger partial charge in [0, 0.05) is 7.05 Å². The third-order valence-electron chi connectivity index (χ3n) is 1.51. The Balaban J connectivity index is 0.000000921. The smallest absolute Gasteiger partial charge is 0.228 e. The Morgan fingerprint density at radius 1 is 1.47 bits per heavy atom. The van der Waals surface area contributed by atoms with E-state index in [9.17, 15) is 0 Å². The van der Waals surface area contributed by atoms with E-state index in [1.165, 1.54) is 0 Å². The number of nitrogens with two attached hydrogens (primary N) is 1. The monoisotopic (exact) mass is 273 g/mol. The SMILES string of the molecule is CC.CN=C(N)c1ccc(Br)c(OC)n1. The Morgan fingerprint density at radius 3 is 2.53 bits per heavy atom. The van der Waals surface area contributed by atoms with Crippen molar-refractivity contribution in [1.82, 2.24) is 4.98 Å². The van der Waals surface area contributed by atoms with Crippen LogP contribution < -0.4 is 10.5 Å². The van der Waals surface area contributed by atoms with Crippen LogP contribution in [0.3, 0.4) is 0 Å². The van der Waals surface area contributed by atoms with Crippen molar-refractivity contribution in [3.63, 3.8) is 0 Å². The molecule has 0 spiro atoms. The molecule has 0 radical (unpaired) electrons. The van der Waals surface area contributed by atoms with Gasteiger partial charge in [-0.25, -0.2) is 4.98 Å². The van der Waals surface area contributed by atoms with Gasteiger partial charge >= 0.3 is 0 Å². The van der Waals surface area contributed by atoms with Crippen LogP contribution in [0.4, 0.5) is 0 Å². The molecule has 0 atom stereocenters. The highest BCUT2D eigenvalue weighted by Crippen LogP contribution is 2.21. The van der Waals surface area contributed by atoms with Crippen molar-refractivity contribution in [2.45, 2.75) is 13.8 Å². The molecule has 0 unspecified atom stereocenters. The Kier molecular flexibility index (Phi) is 6.70. The van der Waals surface area contributed by atoms with Gasteiger partial charge in [0.05, 0.1) is 11.6 Å². The molecule has 2 N–H and O–H groups in total. The van der Waals surface area contributed by atoms with Gasteiger partial charge < -0.3 is 10.5 Å². The minimum absolute atomic E-state index is 0.394. The summed E-state index contributed by atoms with van der Waals surface area (Å²) in [5.41, 5.74) is 6.20. The summed E-state index contributed by atoms with van der Waals surface area (Å²) in [5.74, 6) is 0.898. The van der Waals surface area contributed by atoms with Crippen molar-refractivity contribution in [2.24, 2.45) is 10.7 Å². The van der Waals surface area contributed by atoms with Gasteiger partial charge in [-0.05, 0) is 28.1 Å². The van der Waals surface area contributed by atoms with Gasteiger partial charge in [-0.15, -0.1) is 0 Å². The molecule has 84 valence electrons. The highest BCUT2D eigenvalue weighted by Gasteiger charge is 2.05. The van der Waals surface area contributed by atoms with Crippen molar-refractivity contribution >= 4 is 21.8 Å². The van der Waals surface area contributed by atoms with Gasteiger partial charge in [-0.3, -0.25) is 4.99 Å². The molecule has 0 saturated heterocycles. The van der Waals surface area contributed by atoms with Crippen LogP contribution in [0.2, 0.25) is 0 Å². The van der Waals surface area contributed by atoms with Crippen LogP contribution >= 0.6 is 15.9 Å². The number of halogens is 1. The fourth-order valence-corrected chi connectivity index (χ4v) is 1.21. The highest BCUT2D eigenvalue weighted by atomic mass is 79.9. The van der Waals surface area contributed by atoms with E-state index in [-0.39, 0.29) is 0 Å². The molecule has 0 saturated carbocycles. The summed E-state index contributed by atoms with van der Waals surface area (Å²) >= 11 is 3.29. The van der Waals surface area contributed by atoms with Crippen LogP contribution in [-0.4, -0.2) is 25.0 Å². The van der Waals surface area contributed by atoms with Crippen molar-refractivity contribution in [1.29, 1.82) is 0 Å². The Morgan fingerprint density at radius 2 is 2.07 bits per heavy atom. The summed E-state index contributed by atoms with van der Waals surface area (Å²) in [7, 11) is 3.17. The molecule has 0 bridgehead atoms. The van der Waals surface area contributed by atoms with Crippen LogP contribution in [0.15, 0.2) is 21.6 Å². The highest BCUT2D eigenvalue weighted by molar-refractivity contribution is 9.10. The summed E-state index contributed by atoms with van der Waals surface area (Å²) in [5, 5.41) is 0. The van der Waals surface area contributed by atoms with Crippen molar-refractivity contribution < 1.29 is 4.74 Å². The third-order valence-corrected chi connectivity index (χ3v) is 2.11. The lowest BCUT2D eigenvalue weighted by Gasteiger charge is -2.04. The second-order valence-corrected chi connectivity index (χ2v) is 3.15. The van der Waals surface area contributed by atoms with E-state index in [0.29, 0.717) is 17.4 Å². The van der Waals surface area contributed by atoms with Crippen LogP contribution in [-0.2, 0) is 0 Å². The first-order valence-electron chi connectivity index (χ1n) is 4.62. The minimum Gasteiger partial charge on any atom is -0.480 e. The fourth-order valence-electron chi connectivity index (χ4n) is 0.824. The zero-order valence-corrected chi connectivity index (χ0v) is 11.0. The number of nitrogens with zero attached hydrogens (tertiary/aromatic N) is 2. The third kappa shape index (κ3) is 3.87. The molecule has 1 rings (SSSR count). The summed E-state index contributed by atoms with van der Waals surface area (Å²) in [6.07, 6.45) is 0. The molecule has 0 aliphatic heterocycles. The van der Waals surface area contributed by atoms with E-state index in [1.54, 1.807) is 20.2 Å². The van der Waals surface area contributed by atoms with Crippen molar-refractivity contribution in [3.05, 3.63) is 22.3 Å². The number of aromatic nitrogens is 1. The lowest BCUT2D eigenvalue weighted by molar-refractivity contribution is 0.395. The largest absolute Gasteiger partial charge is 0.480 e. The first kappa shape index (κ1) is 13.9. The van der Waals surface area contributed by atoms with Gasteiger partial charge in [0.25, 0.3) is 0 Å². The standard InChI is InChI=1S/C8H10BrN3O.C2H6/c1-11-7(10)6-4-3-5(9)8(12-6)13-2;1-2/h3-4H,1-2H3,(H2,10,11);1-2H3. The quantitative estimate of drug-likeness (QED) is 0.664. The van der Waals surface area contributed by atoms with E-state index in [2.05, 4.69) is 25.9 Å². The molecule has 0 aromatic carbocycles. The van der Waals surface area contributed by atoms with E-state index < -0.39 is 0 Å². The zero-order valence-electron chi connectivity index (χ0n) is 9.41. The lowest BCUT2D eigenvalue weighted by Crippen LogP contribution is -2.15. The summed E-state index contributed by atoms with van der Waals surface area (Å²) in [4.78, 5) is 7.96. The van der Waals surface area contributed by atoms with Gasteiger partial charge in [0.2, 0.25) is 5.88 Å². The van der Waals surface area contributed by atoms with Gasteiger partial charge in [0.15, 0.2) is 0 Å². The number of hydrogen-bond donors (Lipinski definition) is 1. The van der Waals surface area contributed by atoms with Gasteiger partial charge in [0.1, 0.15) is 11.5 Å². The number of rotatable bonds is 2. The number of aliphatic imine (C=N–C) groups is 1. The molecule has 0 aliphatic rings. The first-order chi connectivity index (χ1) is 7.19. The molecule has 0 amide bonds. The van der Waals surface area contributed by atoms with Crippen LogP contribution in [0.25, 0.3) is 0 Å². The van der Waals surface area contributed by atoms with Gasteiger partial charge in [-0.1, -0.05) is 13.8 Å². The molecule has 0 fully saturated rings. The zero-order chi connectivity index (χ0) is 11.8. The molecule has 0 aliphatic carbocycles. The van der Waals surface area contributed by atoms with Crippen molar-refractivity contribution in [2.75, 3.05) is 14.2 Å². The number of methoxy groups -OCH3 is 1. The molecule has 15 heavy (non-hydrogen) atoms.